The van der Waals surface area contributed by atoms with Crippen molar-refractivity contribution in [2.24, 2.45) is 0 Å². The highest BCUT2D eigenvalue weighted by atomic mass is 16.8. The van der Waals surface area contributed by atoms with Gasteiger partial charge >= 0.3 is 0 Å². The Morgan fingerprint density at radius 2 is 0.793 bits per heavy atom. The number of unbranched alkanes of at least 4 members (excludes halogenated alkanes) is 18. The number of aliphatic hydroxyl groups is 11. The largest absolute Gasteiger partial charge is 0.394 e. The van der Waals surface area contributed by atoms with Crippen molar-refractivity contribution in [3.63, 3.8) is 0 Å². The summed E-state index contributed by atoms with van der Waals surface area (Å²) in [4.78, 5) is 13.3. The van der Waals surface area contributed by atoms with Gasteiger partial charge in [-0.05, 0) is 77.0 Å². The van der Waals surface area contributed by atoms with Gasteiger partial charge in [-0.15, -0.1) is 0 Å². The van der Waals surface area contributed by atoms with E-state index in [1.807, 2.05) is 6.08 Å². The number of carbonyl (C=O) groups excluding carboxylic acids is 1. The van der Waals surface area contributed by atoms with Crippen molar-refractivity contribution in [1.29, 1.82) is 0 Å². The molecule has 0 aromatic carbocycles. The first kappa shape index (κ1) is 78.0. The lowest BCUT2D eigenvalue weighted by molar-refractivity contribution is -0.379. The van der Waals surface area contributed by atoms with Crippen LogP contribution >= 0.6 is 0 Å². The highest BCUT2D eigenvalue weighted by Gasteiger charge is 2.53. The quantitative estimate of drug-likeness (QED) is 0.0205. The molecular formula is C68H115NO18. The monoisotopic (exact) mass is 1230 g/mol. The van der Waals surface area contributed by atoms with Gasteiger partial charge in [-0.25, -0.2) is 0 Å². The summed E-state index contributed by atoms with van der Waals surface area (Å²) in [5, 5.41) is 120. The molecule has 0 saturated carbocycles. The van der Waals surface area contributed by atoms with Crippen LogP contribution < -0.4 is 5.32 Å². The van der Waals surface area contributed by atoms with Crippen LogP contribution in [0.25, 0.3) is 0 Å². The van der Waals surface area contributed by atoms with E-state index in [9.17, 15) is 61.0 Å². The SMILES string of the molecule is CC/C=C\C/C=C\C/C=C\C/C=C\C/C=C\C/C=C\C/C=C\CCCCCCCCCCCCCCCC(=O)NC(COC1OC(CO)C(OC2OC(CO)C(OC3OC(CO)C(O)C(O)C3O)C(O)C2O)C(O)C1O)C(O)/C=C/CCCCCCC. The summed E-state index contributed by atoms with van der Waals surface area (Å²) < 4.78 is 34.2. The molecule has 19 heteroatoms. The van der Waals surface area contributed by atoms with E-state index in [4.69, 9.17) is 28.4 Å². The zero-order chi connectivity index (χ0) is 63.3. The maximum absolute atomic E-state index is 13.3. The molecule has 17 unspecified atom stereocenters. The lowest BCUT2D eigenvalue weighted by atomic mass is 9.96. The third-order valence-corrected chi connectivity index (χ3v) is 15.9. The first-order chi connectivity index (χ1) is 42.3. The summed E-state index contributed by atoms with van der Waals surface area (Å²) in [5.74, 6) is -0.286. The summed E-state index contributed by atoms with van der Waals surface area (Å²) >= 11 is 0. The van der Waals surface area contributed by atoms with E-state index in [0.717, 1.165) is 116 Å². The molecule has 3 saturated heterocycles. The molecule has 0 aromatic heterocycles. The fourth-order valence-corrected chi connectivity index (χ4v) is 10.5. The van der Waals surface area contributed by atoms with Crippen LogP contribution in [0.2, 0.25) is 0 Å². The second-order valence-corrected chi connectivity index (χ2v) is 23.2. The Morgan fingerprint density at radius 1 is 0.425 bits per heavy atom. The summed E-state index contributed by atoms with van der Waals surface area (Å²) in [6.45, 7) is 1.51. The molecule has 12 N–H and O–H groups in total. The van der Waals surface area contributed by atoms with E-state index in [1.54, 1.807) is 6.08 Å². The Hall–Kier alpha value is -3.29. The van der Waals surface area contributed by atoms with E-state index >= 15 is 0 Å². The molecule has 0 aromatic rings. The molecule has 1 amide bonds. The number of nitrogens with one attached hydrogen (secondary N) is 1. The Balaban J connectivity index is 1.31. The van der Waals surface area contributed by atoms with Crippen LogP contribution in [0, 0.1) is 0 Å². The number of amides is 1. The molecule has 3 aliphatic rings. The van der Waals surface area contributed by atoms with E-state index in [2.05, 4.69) is 104 Å². The minimum absolute atomic E-state index is 0.236. The summed E-state index contributed by atoms with van der Waals surface area (Å²) in [5.41, 5.74) is 0. The number of ether oxygens (including phenoxy) is 6. The molecule has 3 heterocycles. The standard InChI is InChI=1S/C68H115NO18/c1-3-5-7-9-11-12-13-14-15-16-17-18-19-20-21-22-23-24-25-26-27-28-29-30-31-32-33-34-35-36-37-38-40-42-44-46-56(74)69-51(52(73)45-43-41-39-10-8-6-4-2)50-82-66-62(80)59(77)64(54(48-71)84-66)87-68-63(81)60(78)65(55(49-72)85-68)86-67-61(79)58(76)57(75)53(47-70)83-67/h5,7,11-12,14-15,17-18,20-21,23-24,26-27,43,45,51-55,57-68,70-73,75-81H,3-4,6,8-10,13,16,19,22,25,28-42,44,46-50H2,1-2H3,(H,69,74)/b7-5-,12-11-,15-14-,18-17-,21-20-,24-23-,27-26-,45-43+. The van der Waals surface area contributed by atoms with Gasteiger partial charge in [0.2, 0.25) is 5.91 Å². The van der Waals surface area contributed by atoms with Crippen LogP contribution in [0.3, 0.4) is 0 Å². The van der Waals surface area contributed by atoms with Crippen molar-refractivity contribution in [1.82, 2.24) is 5.32 Å². The van der Waals surface area contributed by atoms with Gasteiger partial charge in [-0.2, -0.15) is 0 Å². The molecule has 19 nitrogen and oxygen atoms in total. The van der Waals surface area contributed by atoms with Gasteiger partial charge in [0.1, 0.15) is 73.2 Å². The molecule has 3 aliphatic heterocycles. The Labute approximate surface area is 520 Å². The van der Waals surface area contributed by atoms with Crippen molar-refractivity contribution in [2.45, 2.75) is 298 Å². The first-order valence-electron chi connectivity index (χ1n) is 33.0. The maximum atomic E-state index is 13.3. The number of allylic oxidation sites excluding steroid dienone is 15. The number of hydrogen-bond acceptors (Lipinski definition) is 18. The van der Waals surface area contributed by atoms with Crippen molar-refractivity contribution < 1.29 is 89.4 Å². The predicted octanol–water partition coefficient (Wildman–Crippen LogP) is 7.71. The molecule has 0 spiro atoms. The fraction of sp³-hybridized carbons (Fsp3) is 0.750. The van der Waals surface area contributed by atoms with Crippen LogP contribution in [0.15, 0.2) is 97.2 Å². The van der Waals surface area contributed by atoms with Gasteiger partial charge in [0.25, 0.3) is 0 Å². The second-order valence-electron chi connectivity index (χ2n) is 23.2. The third kappa shape index (κ3) is 32.0. The second kappa shape index (κ2) is 49.4. The molecule has 0 aliphatic carbocycles. The van der Waals surface area contributed by atoms with Crippen molar-refractivity contribution in [3.05, 3.63) is 97.2 Å². The summed E-state index contributed by atoms with van der Waals surface area (Å²) in [6, 6.07) is -0.976. The molecule has 3 fully saturated rings. The zero-order valence-corrected chi connectivity index (χ0v) is 52.5. The maximum Gasteiger partial charge on any atom is 0.220 e. The number of hydrogen-bond donors (Lipinski definition) is 12. The molecule has 17 atom stereocenters. The average molecular weight is 1230 g/mol. The third-order valence-electron chi connectivity index (χ3n) is 15.9. The number of aliphatic hydroxyl groups excluding tert-OH is 11. The molecule has 3 rings (SSSR count). The van der Waals surface area contributed by atoms with E-state index < -0.39 is 124 Å². The molecule has 0 bridgehead atoms. The van der Waals surface area contributed by atoms with Gasteiger partial charge in [0, 0.05) is 6.42 Å². The van der Waals surface area contributed by atoms with E-state index in [1.165, 1.54) is 51.4 Å². The van der Waals surface area contributed by atoms with Crippen molar-refractivity contribution >= 4 is 5.91 Å². The highest BCUT2D eigenvalue weighted by molar-refractivity contribution is 5.76. The zero-order valence-electron chi connectivity index (χ0n) is 52.5. The predicted molar refractivity (Wildman–Crippen MR) is 337 cm³/mol. The Morgan fingerprint density at radius 3 is 1.24 bits per heavy atom. The van der Waals surface area contributed by atoms with Gasteiger partial charge < -0.3 is 89.9 Å². The minimum Gasteiger partial charge on any atom is -0.394 e. The van der Waals surface area contributed by atoms with Gasteiger partial charge in [0.05, 0.1) is 38.6 Å². The van der Waals surface area contributed by atoms with Crippen LogP contribution in [-0.2, 0) is 33.2 Å². The lowest BCUT2D eigenvalue weighted by Crippen LogP contribution is -2.66. The summed E-state index contributed by atoms with van der Waals surface area (Å²) in [6.07, 6.45) is 37.3. The van der Waals surface area contributed by atoms with Crippen molar-refractivity contribution in [3.8, 4) is 0 Å². The normalized spacial score (nSPS) is 29.2. The molecular weight excluding hydrogens is 1120 g/mol. The van der Waals surface area contributed by atoms with Crippen LogP contribution in [-0.4, -0.2) is 193 Å². The minimum atomic E-state index is -1.98. The Bertz CT molecular complexity index is 1960. The van der Waals surface area contributed by atoms with Gasteiger partial charge in [0.15, 0.2) is 18.9 Å². The van der Waals surface area contributed by atoms with E-state index in [-0.39, 0.29) is 18.9 Å². The van der Waals surface area contributed by atoms with Crippen LogP contribution in [0.5, 0.6) is 0 Å². The number of carbonyl (C=O) groups is 1. The van der Waals surface area contributed by atoms with Crippen LogP contribution in [0.1, 0.15) is 194 Å². The molecule has 87 heavy (non-hydrogen) atoms. The Kier molecular flexibility index (Phi) is 44.3. The molecule has 500 valence electrons. The summed E-state index contributed by atoms with van der Waals surface area (Å²) in [7, 11) is 0. The highest BCUT2D eigenvalue weighted by Crippen LogP contribution is 2.33. The van der Waals surface area contributed by atoms with Gasteiger partial charge in [-0.3, -0.25) is 4.79 Å². The average Bonchev–Trinajstić information content (AvgIpc) is 2.35. The number of rotatable bonds is 48. The topological polar surface area (TPSA) is 307 Å². The molecule has 0 radical (unpaired) electrons. The first-order valence-corrected chi connectivity index (χ1v) is 33.0. The smallest absolute Gasteiger partial charge is 0.220 e. The van der Waals surface area contributed by atoms with Gasteiger partial charge in [-0.1, -0.05) is 207 Å². The fourth-order valence-electron chi connectivity index (χ4n) is 10.5. The van der Waals surface area contributed by atoms with E-state index in [0.29, 0.717) is 6.42 Å². The lowest BCUT2D eigenvalue weighted by Gasteiger charge is -2.48. The van der Waals surface area contributed by atoms with Crippen molar-refractivity contribution in [2.75, 3.05) is 26.4 Å². The van der Waals surface area contributed by atoms with Crippen LogP contribution in [0.4, 0.5) is 0 Å².